The first kappa shape index (κ1) is 15.6. The summed E-state index contributed by atoms with van der Waals surface area (Å²) in [6.07, 6.45) is 0. The zero-order valence-electron chi connectivity index (χ0n) is 11.5. The molecule has 5 nitrogen and oxygen atoms in total. The number of rotatable bonds is 7. The molecule has 1 aliphatic rings. The van der Waals surface area contributed by atoms with Gasteiger partial charge < -0.3 is 5.32 Å². The van der Waals surface area contributed by atoms with Gasteiger partial charge in [0, 0.05) is 45.8 Å². The molecule has 0 aromatic heterocycles. The topological polar surface area (TPSA) is 52.7 Å². The van der Waals surface area contributed by atoms with E-state index in [9.17, 15) is 8.42 Å². The van der Waals surface area contributed by atoms with Crippen molar-refractivity contribution in [3.63, 3.8) is 0 Å². The quantitative estimate of drug-likeness (QED) is 0.671. The summed E-state index contributed by atoms with van der Waals surface area (Å²) in [7, 11) is -3.16. The van der Waals surface area contributed by atoms with Crippen LogP contribution in [-0.4, -0.2) is 69.2 Å². The van der Waals surface area contributed by atoms with Gasteiger partial charge in [-0.25, -0.2) is 8.42 Å². The molecule has 0 amide bonds. The summed E-state index contributed by atoms with van der Waals surface area (Å²) >= 11 is 0. The van der Waals surface area contributed by atoms with E-state index in [1.165, 1.54) is 4.31 Å². The standard InChI is InChI=1S/C12H25N3O2S/c1-4-15(11-12(2)3)18(16,17)10-9-14-7-5-13-6-8-14/h13H,2,4-11H2,1,3H3. The highest BCUT2D eigenvalue weighted by molar-refractivity contribution is 7.89. The Hall–Kier alpha value is -0.430. The Morgan fingerprint density at radius 1 is 1.39 bits per heavy atom. The summed E-state index contributed by atoms with van der Waals surface area (Å²) in [4.78, 5) is 2.20. The normalized spacial score (nSPS) is 18.2. The summed E-state index contributed by atoms with van der Waals surface area (Å²) in [6, 6.07) is 0. The highest BCUT2D eigenvalue weighted by atomic mass is 32.2. The van der Waals surface area contributed by atoms with Crippen LogP contribution < -0.4 is 5.32 Å². The van der Waals surface area contributed by atoms with Gasteiger partial charge in [0.1, 0.15) is 0 Å². The zero-order valence-corrected chi connectivity index (χ0v) is 12.3. The van der Waals surface area contributed by atoms with E-state index in [-0.39, 0.29) is 5.75 Å². The van der Waals surface area contributed by atoms with Gasteiger partial charge in [0.15, 0.2) is 0 Å². The Morgan fingerprint density at radius 2 is 2.00 bits per heavy atom. The number of likely N-dealkylation sites (N-methyl/N-ethyl adjacent to an activating group) is 1. The van der Waals surface area contributed by atoms with Crippen LogP contribution in [-0.2, 0) is 10.0 Å². The molecule has 0 saturated carbocycles. The van der Waals surface area contributed by atoms with Crippen molar-refractivity contribution in [2.24, 2.45) is 0 Å². The van der Waals surface area contributed by atoms with Gasteiger partial charge in [-0.15, -0.1) is 0 Å². The SMILES string of the molecule is C=C(C)CN(CC)S(=O)(=O)CCN1CCNCC1. The van der Waals surface area contributed by atoms with E-state index in [4.69, 9.17) is 0 Å². The fraction of sp³-hybridized carbons (Fsp3) is 0.833. The number of hydrogen-bond acceptors (Lipinski definition) is 4. The summed E-state index contributed by atoms with van der Waals surface area (Å²) in [5.74, 6) is 0.202. The van der Waals surface area contributed by atoms with Crippen molar-refractivity contribution >= 4 is 10.0 Å². The van der Waals surface area contributed by atoms with Crippen LogP contribution in [0, 0.1) is 0 Å². The maximum atomic E-state index is 12.2. The van der Waals surface area contributed by atoms with Gasteiger partial charge in [0.25, 0.3) is 0 Å². The third kappa shape index (κ3) is 5.06. The number of nitrogens with zero attached hydrogens (tertiary/aromatic N) is 2. The zero-order chi connectivity index (χ0) is 13.6. The van der Waals surface area contributed by atoms with E-state index in [0.717, 1.165) is 31.8 Å². The molecule has 1 N–H and O–H groups in total. The van der Waals surface area contributed by atoms with E-state index in [1.54, 1.807) is 0 Å². The lowest BCUT2D eigenvalue weighted by molar-refractivity contribution is 0.252. The van der Waals surface area contributed by atoms with Crippen LogP contribution in [0.3, 0.4) is 0 Å². The average molecular weight is 275 g/mol. The largest absolute Gasteiger partial charge is 0.314 e. The Kier molecular flexibility index (Phi) is 6.28. The molecule has 1 saturated heterocycles. The Labute approximate surface area is 111 Å². The molecule has 0 radical (unpaired) electrons. The lowest BCUT2D eigenvalue weighted by Gasteiger charge is -2.28. The Morgan fingerprint density at radius 3 is 2.50 bits per heavy atom. The average Bonchev–Trinajstić information content (AvgIpc) is 2.34. The molecular formula is C12H25N3O2S. The molecule has 0 aromatic rings. The van der Waals surface area contributed by atoms with Crippen LogP contribution in [0.5, 0.6) is 0 Å². The van der Waals surface area contributed by atoms with Crippen LogP contribution in [0.25, 0.3) is 0 Å². The van der Waals surface area contributed by atoms with Gasteiger partial charge in [0.2, 0.25) is 10.0 Å². The molecule has 1 fully saturated rings. The molecule has 0 aliphatic carbocycles. The summed E-state index contributed by atoms with van der Waals surface area (Å²) in [5.41, 5.74) is 0.877. The molecule has 0 aromatic carbocycles. The molecule has 0 atom stereocenters. The minimum atomic E-state index is -3.16. The smallest absolute Gasteiger partial charge is 0.215 e. The molecule has 1 heterocycles. The molecule has 6 heteroatoms. The fourth-order valence-electron chi connectivity index (χ4n) is 2.02. The lowest BCUT2D eigenvalue weighted by atomic mass is 10.3. The Bertz CT molecular complexity index is 362. The first-order valence-corrected chi connectivity index (χ1v) is 8.12. The predicted octanol–water partition coefficient (Wildman–Crippen LogP) is 0.119. The number of piperazine rings is 1. The maximum Gasteiger partial charge on any atom is 0.215 e. The summed E-state index contributed by atoms with van der Waals surface area (Å²) in [5, 5.41) is 3.26. The third-order valence-corrected chi connectivity index (χ3v) is 4.94. The minimum Gasteiger partial charge on any atom is -0.314 e. The van der Waals surface area contributed by atoms with Crippen LogP contribution >= 0.6 is 0 Å². The predicted molar refractivity (Wildman–Crippen MR) is 75.2 cm³/mol. The van der Waals surface area contributed by atoms with Crippen LogP contribution in [0.4, 0.5) is 0 Å². The van der Waals surface area contributed by atoms with Gasteiger partial charge >= 0.3 is 0 Å². The molecule has 1 rings (SSSR count). The van der Waals surface area contributed by atoms with Gasteiger partial charge in [-0.2, -0.15) is 4.31 Å². The first-order valence-electron chi connectivity index (χ1n) is 6.51. The highest BCUT2D eigenvalue weighted by Crippen LogP contribution is 2.06. The second kappa shape index (κ2) is 7.23. The Balaban J connectivity index is 2.48. The van der Waals surface area contributed by atoms with Gasteiger partial charge in [-0.05, 0) is 6.92 Å². The minimum absolute atomic E-state index is 0.202. The number of hydrogen-bond donors (Lipinski definition) is 1. The maximum absolute atomic E-state index is 12.2. The van der Waals surface area contributed by atoms with E-state index < -0.39 is 10.0 Å². The molecule has 18 heavy (non-hydrogen) atoms. The number of nitrogens with one attached hydrogen (secondary N) is 1. The molecule has 0 unspecified atom stereocenters. The van der Waals surface area contributed by atoms with Crippen molar-refractivity contribution in [1.82, 2.24) is 14.5 Å². The van der Waals surface area contributed by atoms with Crippen molar-refractivity contribution in [2.75, 3.05) is 51.6 Å². The van der Waals surface area contributed by atoms with Gasteiger partial charge in [-0.1, -0.05) is 19.1 Å². The van der Waals surface area contributed by atoms with Crippen molar-refractivity contribution in [3.8, 4) is 0 Å². The van der Waals surface area contributed by atoms with Crippen molar-refractivity contribution in [2.45, 2.75) is 13.8 Å². The first-order chi connectivity index (χ1) is 8.45. The second-order valence-electron chi connectivity index (χ2n) is 4.79. The van der Waals surface area contributed by atoms with Crippen molar-refractivity contribution in [3.05, 3.63) is 12.2 Å². The molecular weight excluding hydrogens is 250 g/mol. The van der Waals surface area contributed by atoms with E-state index in [2.05, 4.69) is 16.8 Å². The van der Waals surface area contributed by atoms with E-state index in [0.29, 0.717) is 19.6 Å². The second-order valence-corrected chi connectivity index (χ2v) is 6.88. The molecule has 1 aliphatic heterocycles. The number of sulfonamides is 1. The monoisotopic (exact) mass is 275 g/mol. The van der Waals surface area contributed by atoms with Gasteiger partial charge in [-0.3, -0.25) is 4.90 Å². The van der Waals surface area contributed by atoms with E-state index in [1.807, 2.05) is 13.8 Å². The van der Waals surface area contributed by atoms with Crippen molar-refractivity contribution < 1.29 is 8.42 Å². The van der Waals surface area contributed by atoms with E-state index >= 15 is 0 Å². The molecule has 0 bridgehead atoms. The third-order valence-electron chi connectivity index (χ3n) is 3.07. The van der Waals surface area contributed by atoms with Gasteiger partial charge in [0.05, 0.1) is 5.75 Å². The fourth-order valence-corrected chi connectivity index (χ4v) is 3.57. The molecule has 106 valence electrons. The summed E-state index contributed by atoms with van der Waals surface area (Å²) in [6.45, 7) is 12.8. The van der Waals surface area contributed by atoms with Crippen LogP contribution in [0.15, 0.2) is 12.2 Å². The van der Waals surface area contributed by atoms with Crippen LogP contribution in [0.1, 0.15) is 13.8 Å². The van der Waals surface area contributed by atoms with Crippen LogP contribution in [0.2, 0.25) is 0 Å². The van der Waals surface area contributed by atoms with Crippen molar-refractivity contribution in [1.29, 1.82) is 0 Å². The molecule has 0 spiro atoms. The lowest BCUT2D eigenvalue weighted by Crippen LogP contribution is -2.46. The summed E-state index contributed by atoms with van der Waals surface area (Å²) < 4.78 is 25.9. The highest BCUT2D eigenvalue weighted by Gasteiger charge is 2.21.